The van der Waals surface area contributed by atoms with Crippen molar-refractivity contribution in [2.45, 2.75) is 26.4 Å². The van der Waals surface area contributed by atoms with E-state index in [9.17, 15) is 0 Å². The van der Waals surface area contributed by atoms with Gasteiger partial charge in [0.2, 0.25) is 0 Å². The van der Waals surface area contributed by atoms with Crippen LogP contribution in [0.3, 0.4) is 0 Å². The smallest absolute Gasteiger partial charge is 0.146 e. The first-order valence-corrected chi connectivity index (χ1v) is 4.39. The van der Waals surface area contributed by atoms with Crippen molar-refractivity contribution in [3.8, 4) is 12.3 Å². The largest absolute Gasteiger partial charge is 0.317 e. The molecular formula is C9H14N4. The summed E-state index contributed by atoms with van der Waals surface area (Å²) in [5, 5.41) is 11.0. The minimum Gasteiger partial charge on any atom is -0.317 e. The summed E-state index contributed by atoms with van der Waals surface area (Å²) in [4.78, 5) is 0. The summed E-state index contributed by atoms with van der Waals surface area (Å²) in [6.45, 7) is 4.52. The minimum absolute atomic E-state index is 0.732. The molecule has 0 amide bonds. The lowest BCUT2D eigenvalue weighted by atomic mass is 10.4. The Balaban J connectivity index is 2.32. The molecule has 1 rings (SSSR count). The first-order chi connectivity index (χ1) is 6.38. The van der Waals surface area contributed by atoms with E-state index in [1.165, 1.54) is 0 Å². The van der Waals surface area contributed by atoms with E-state index in [-0.39, 0.29) is 0 Å². The average Bonchev–Trinajstić information content (AvgIpc) is 2.60. The highest BCUT2D eigenvalue weighted by molar-refractivity contribution is 4.87. The lowest BCUT2D eigenvalue weighted by Gasteiger charge is -2.03. The Hall–Kier alpha value is -1.34. The van der Waals surface area contributed by atoms with E-state index in [0.29, 0.717) is 0 Å². The van der Waals surface area contributed by atoms with Gasteiger partial charge in [0.05, 0.1) is 6.54 Å². The Morgan fingerprint density at radius 3 is 3.23 bits per heavy atom. The molecule has 13 heavy (non-hydrogen) atoms. The van der Waals surface area contributed by atoms with E-state index < -0.39 is 0 Å². The number of rotatable bonds is 5. The molecule has 1 N–H and O–H groups in total. The number of aryl methyl sites for hydroxylation is 1. The van der Waals surface area contributed by atoms with Crippen LogP contribution in [-0.2, 0) is 13.1 Å². The second kappa shape index (κ2) is 5.33. The fraction of sp³-hybridized carbons (Fsp3) is 0.556. The first kappa shape index (κ1) is 9.75. The summed E-state index contributed by atoms with van der Waals surface area (Å²) in [5.74, 6) is 3.53. The molecule has 1 heterocycles. The van der Waals surface area contributed by atoms with Crippen molar-refractivity contribution in [1.82, 2.24) is 20.1 Å². The molecule has 4 heteroatoms. The van der Waals surface area contributed by atoms with Crippen LogP contribution in [0.4, 0.5) is 0 Å². The molecule has 70 valence electrons. The van der Waals surface area contributed by atoms with Gasteiger partial charge in [0.15, 0.2) is 0 Å². The van der Waals surface area contributed by atoms with Crippen LogP contribution in [0.2, 0.25) is 0 Å². The van der Waals surface area contributed by atoms with Crippen LogP contribution in [0.1, 0.15) is 19.2 Å². The second-order valence-corrected chi connectivity index (χ2v) is 2.66. The summed E-state index contributed by atoms with van der Waals surface area (Å²) >= 11 is 0. The third-order valence-electron chi connectivity index (χ3n) is 1.77. The quantitative estimate of drug-likeness (QED) is 0.524. The summed E-state index contributed by atoms with van der Waals surface area (Å²) < 4.78 is 2.00. The molecule has 0 spiro atoms. The molecule has 0 fully saturated rings. The van der Waals surface area contributed by atoms with Gasteiger partial charge in [0, 0.05) is 19.5 Å². The van der Waals surface area contributed by atoms with Crippen LogP contribution in [0, 0.1) is 12.3 Å². The number of aromatic nitrogens is 3. The third kappa shape index (κ3) is 2.88. The molecule has 0 unspecified atom stereocenters. The number of hydrogen-bond acceptors (Lipinski definition) is 3. The Labute approximate surface area is 78.4 Å². The molecule has 0 saturated carbocycles. The van der Waals surface area contributed by atoms with Gasteiger partial charge < -0.3 is 9.88 Å². The van der Waals surface area contributed by atoms with E-state index in [1.807, 2.05) is 4.57 Å². The van der Waals surface area contributed by atoms with Gasteiger partial charge >= 0.3 is 0 Å². The van der Waals surface area contributed by atoms with Gasteiger partial charge in [-0.3, -0.25) is 0 Å². The molecule has 0 bridgehead atoms. The normalized spacial score (nSPS) is 9.85. The van der Waals surface area contributed by atoms with Crippen molar-refractivity contribution in [1.29, 1.82) is 0 Å². The summed E-state index contributed by atoms with van der Waals surface area (Å²) in [6, 6.07) is 0. The Bertz CT molecular complexity index is 284. The molecule has 0 aliphatic rings. The van der Waals surface area contributed by atoms with E-state index in [1.54, 1.807) is 6.33 Å². The van der Waals surface area contributed by atoms with Gasteiger partial charge in [-0.05, 0) is 6.92 Å². The minimum atomic E-state index is 0.732. The van der Waals surface area contributed by atoms with Crippen molar-refractivity contribution in [2.24, 2.45) is 0 Å². The highest BCUT2D eigenvalue weighted by Crippen LogP contribution is 1.93. The van der Waals surface area contributed by atoms with Crippen LogP contribution in [0.15, 0.2) is 6.33 Å². The third-order valence-corrected chi connectivity index (χ3v) is 1.77. The molecule has 4 nitrogen and oxygen atoms in total. The van der Waals surface area contributed by atoms with Gasteiger partial charge in [0.25, 0.3) is 0 Å². The number of terminal acetylenes is 1. The van der Waals surface area contributed by atoms with Crippen molar-refractivity contribution in [3.63, 3.8) is 0 Å². The highest BCUT2D eigenvalue weighted by Gasteiger charge is 1.99. The lowest BCUT2D eigenvalue weighted by molar-refractivity contribution is 0.618. The standard InChI is InChI=1S/C9H14N4/c1-3-5-6-10-7-9-12-11-8-13(9)4-2/h1,8,10H,4-7H2,2H3. The maximum atomic E-state index is 5.12. The Morgan fingerprint density at radius 1 is 1.69 bits per heavy atom. The zero-order chi connectivity index (χ0) is 9.52. The predicted octanol–water partition coefficient (Wildman–Crippen LogP) is 0.411. The highest BCUT2D eigenvalue weighted by atomic mass is 15.3. The second-order valence-electron chi connectivity index (χ2n) is 2.66. The molecule has 1 aromatic rings. The lowest BCUT2D eigenvalue weighted by Crippen LogP contribution is -2.17. The van der Waals surface area contributed by atoms with Crippen molar-refractivity contribution >= 4 is 0 Å². The first-order valence-electron chi connectivity index (χ1n) is 4.39. The molecule has 0 aromatic carbocycles. The number of nitrogens with zero attached hydrogens (tertiary/aromatic N) is 3. The van der Waals surface area contributed by atoms with E-state index in [2.05, 4.69) is 28.4 Å². The van der Waals surface area contributed by atoms with E-state index in [4.69, 9.17) is 6.42 Å². The number of nitrogens with one attached hydrogen (secondary N) is 1. The molecule has 0 saturated heterocycles. The van der Waals surface area contributed by atoms with Gasteiger partial charge in [-0.1, -0.05) is 0 Å². The molecule has 0 aliphatic carbocycles. The molecule has 0 aliphatic heterocycles. The summed E-state index contributed by atoms with van der Waals surface area (Å²) in [6.07, 6.45) is 7.61. The monoisotopic (exact) mass is 178 g/mol. The topological polar surface area (TPSA) is 42.7 Å². The fourth-order valence-electron chi connectivity index (χ4n) is 1.04. The SMILES string of the molecule is C#CCCNCc1nncn1CC. The summed E-state index contributed by atoms with van der Waals surface area (Å²) in [7, 11) is 0. The Morgan fingerprint density at radius 2 is 2.54 bits per heavy atom. The van der Waals surface area contributed by atoms with Crippen molar-refractivity contribution in [2.75, 3.05) is 6.54 Å². The van der Waals surface area contributed by atoms with Crippen LogP contribution in [0.5, 0.6) is 0 Å². The predicted molar refractivity (Wildman–Crippen MR) is 50.9 cm³/mol. The Kier molecular flexibility index (Phi) is 4.00. The maximum absolute atomic E-state index is 5.12. The molecule has 0 atom stereocenters. The zero-order valence-electron chi connectivity index (χ0n) is 7.82. The van der Waals surface area contributed by atoms with Crippen LogP contribution in [0.25, 0.3) is 0 Å². The molecule has 0 radical (unpaired) electrons. The van der Waals surface area contributed by atoms with E-state index >= 15 is 0 Å². The van der Waals surface area contributed by atoms with Gasteiger partial charge in [-0.15, -0.1) is 22.5 Å². The van der Waals surface area contributed by atoms with Gasteiger partial charge in [0.1, 0.15) is 12.2 Å². The maximum Gasteiger partial charge on any atom is 0.146 e. The average molecular weight is 178 g/mol. The zero-order valence-corrected chi connectivity index (χ0v) is 7.82. The van der Waals surface area contributed by atoms with E-state index in [0.717, 1.165) is 31.9 Å². The van der Waals surface area contributed by atoms with Gasteiger partial charge in [-0.25, -0.2) is 0 Å². The van der Waals surface area contributed by atoms with Gasteiger partial charge in [-0.2, -0.15) is 0 Å². The van der Waals surface area contributed by atoms with Crippen molar-refractivity contribution in [3.05, 3.63) is 12.2 Å². The van der Waals surface area contributed by atoms with Crippen LogP contribution < -0.4 is 5.32 Å². The summed E-state index contributed by atoms with van der Waals surface area (Å²) in [5.41, 5.74) is 0. The van der Waals surface area contributed by atoms with Crippen molar-refractivity contribution < 1.29 is 0 Å². The van der Waals surface area contributed by atoms with Crippen LogP contribution >= 0.6 is 0 Å². The fourth-order valence-corrected chi connectivity index (χ4v) is 1.04. The van der Waals surface area contributed by atoms with Crippen LogP contribution in [-0.4, -0.2) is 21.3 Å². The molecular weight excluding hydrogens is 164 g/mol. The number of hydrogen-bond donors (Lipinski definition) is 1. The molecule has 1 aromatic heterocycles.